The van der Waals surface area contributed by atoms with Crippen molar-refractivity contribution in [3.05, 3.63) is 29.8 Å². The normalized spacial score (nSPS) is 9.94. The Morgan fingerprint density at radius 2 is 1.83 bits per heavy atom. The van der Waals surface area contributed by atoms with Gasteiger partial charge in [-0.1, -0.05) is 12.1 Å². The second-order valence-electron chi connectivity index (χ2n) is 4.67. The minimum absolute atomic E-state index is 0. The molecule has 0 saturated heterocycles. The van der Waals surface area contributed by atoms with Gasteiger partial charge in [-0.15, -0.1) is 0 Å². The van der Waals surface area contributed by atoms with Crippen LogP contribution in [0.25, 0.3) is 0 Å². The van der Waals surface area contributed by atoms with E-state index in [2.05, 4.69) is 0 Å². The summed E-state index contributed by atoms with van der Waals surface area (Å²) >= 11 is 0. The third kappa shape index (κ3) is 7.78. The van der Waals surface area contributed by atoms with Gasteiger partial charge >= 0.3 is 57.4 Å². The number of hydrogen-bond donors (Lipinski definition) is 1. The molecule has 0 aliphatic rings. The van der Waals surface area contributed by atoms with E-state index in [-0.39, 0.29) is 76.2 Å². The predicted molar refractivity (Wildman–Crippen MR) is 78.8 cm³/mol. The average Bonchev–Trinajstić information content (AvgIpc) is 2.16. The van der Waals surface area contributed by atoms with Gasteiger partial charge in [-0.2, -0.15) is 13.5 Å². The number of quaternary nitrogens is 1. The van der Waals surface area contributed by atoms with Crippen molar-refractivity contribution >= 4 is 70.8 Å². The van der Waals surface area contributed by atoms with Crippen LogP contribution in [0, 0.1) is 0 Å². The predicted octanol–water partition coefficient (Wildman–Crippen LogP) is 0.719. The van der Waals surface area contributed by atoms with E-state index in [0.29, 0.717) is 6.61 Å². The van der Waals surface area contributed by atoms with Gasteiger partial charge in [0.05, 0.1) is 21.1 Å². The Labute approximate surface area is 158 Å². The Kier molecular flexibility index (Phi) is 10.8. The van der Waals surface area contributed by atoms with Gasteiger partial charge in [0, 0.05) is 0 Å². The molecule has 0 unspecified atom stereocenters. The summed E-state index contributed by atoms with van der Waals surface area (Å²) in [6.07, 6.45) is 0. The maximum atomic E-state index is 11.6. The molecule has 0 aliphatic carbocycles. The van der Waals surface area contributed by atoms with Crippen LogP contribution in [0.15, 0.2) is 24.3 Å². The van der Waals surface area contributed by atoms with Gasteiger partial charge in [0.15, 0.2) is 0 Å². The topological polar surface area (TPSA) is 46.5 Å². The Bertz CT molecular complexity index is 380. The number of likely N-dealkylation sites (N-methyl/N-ethyl adjacent to an activating group) is 1. The van der Waals surface area contributed by atoms with E-state index in [1.165, 1.54) is 6.07 Å². The van der Waals surface area contributed by atoms with Crippen LogP contribution in [0.1, 0.15) is 10.4 Å². The number of carbonyl (C=O) groups excluding carboxylic acids is 1. The van der Waals surface area contributed by atoms with Crippen molar-refractivity contribution in [1.82, 2.24) is 0 Å². The number of aromatic hydroxyl groups is 1. The molecule has 0 radical (unpaired) electrons. The van der Waals surface area contributed by atoms with Gasteiger partial charge in [0.2, 0.25) is 0 Å². The maximum absolute atomic E-state index is 11.6. The van der Waals surface area contributed by atoms with Gasteiger partial charge in [-0.05, 0) is 12.1 Å². The van der Waals surface area contributed by atoms with Crippen molar-refractivity contribution in [2.45, 2.75) is 0 Å². The first-order chi connectivity index (χ1) is 7.40. The quantitative estimate of drug-likeness (QED) is 0.506. The number of phenolic OH excluding ortho intramolecular Hbond substituents is 1. The zero-order chi connectivity index (χ0) is 12.2. The summed E-state index contributed by atoms with van der Waals surface area (Å²) in [6.45, 7) is 1.08. The molecule has 1 aromatic rings. The van der Waals surface area contributed by atoms with E-state index in [9.17, 15) is 9.90 Å². The van der Waals surface area contributed by atoms with Gasteiger partial charge in [0.25, 0.3) is 0 Å². The Morgan fingerprint density at radius 3 is 2.33 bits per heavy atom. The molecular formula is C12H21KNO3S+. The molecule has 1 rings (SSSR count). The van der Waals surface area contributed by atoms with Crippen LogP contribution in [0.5, 0.6) is 5.75 Å². The first-order valence-corrected chi connectivity index (χ1v) is 5.16. The van der Waals surface area contributed by atoms with Gasteiger partial charge in [-0.25, -0.2) is 4.79 Å². The van der Waals surface area contributed by atoms with Crippen LogP contribution in [-0.2, 0) is 4.74 Å². The number of benzene rings is 1. The SMILES string of the molecule is C[N+](C)(C)CCOC(=O)c1ccccc1O.S.[KH]. The molecule has 98 valence electrons. The van der Waals surface area contributed by atoms with E-state index < -0.39 is 5.97 Å². The number of esters is 1. The fourth-order valence-corrected chi connectivity index (χ4v) is 1.14. The third-order valence-electron chi connectivity index (χ3n) is 2.12. The van der Waals surface area contributed by atoms with Crippen LogP contribution in [0.2, 0.25) is 0 Å². The number of ether oxygens (including phenoxy) is 1. The molecule has 6 heteroatoms. The molecule has 0 heterocycles. The van der Waals surface area contributed by atoms with Crippen molar-refractivity contribution in [1.29, 1.82) is 0 Å². The Morgan fingerprint density at radius 1 is 1.28 bits per heavy atom. The monoisotopic (exact) mass is 298 g/mol. The number of nitrogens with zero attached hydrogens (tertiary/aromatic N) is 1. The number of para-hydroxylation sites is 1. The minimum atomic E-state index is -0.480. The second kappa shape index (κ2) is 9.36. The number of hydrogen-bond acceptors (Lipinski definition) is 3. The van der Waals surface area contributed by atoms with E-state index >= 15 is 0 Å². The van der Waals surface area contributed by atoms with Crippen molar-refractivity contribution in [3.63, 3.8) is 0 Å². The molecule has 1 N–H and O–H groups in total. The van der Waals surface area contributed by atoms with Crippen molar-refractivity contribution in [2.24, 2.45) is 0 Å². The van der Waals surface area contributed by atoms with Crippen LogP contribution in [0.4, 0.5) is 0 Å². The van der Waals surface area contributed by atoms with Crippen molar-refractivity contribution in [2.75, 3.05) is 34.3 Å². The summed E-state index contributed by atoms with van der Waals surface area (Å²) in [7, 11) is 6.06. The molecule has 1 aromatic carbocycles. The summed E-state index contributed by atoms with van der Waals surface area (Å²) in [5, 5.41) is 9.44. The van der Waals surface area contributed by atoms with Crippen LogP contribution in [0.3, 0.4) is 0 Å². The molecule has 0 aromatic heterocycles. The zero-order valence-electron chi connectivity index (χ0n) is 10.4. The molecule has 0 bridgehead atoms. The second-order valence-corrected chi connectivity index (χ2v) is 4.67. The fourth-order valence-electron chi connectivity index (χ4n) is 1.14. The van der Waals surface area contributed by atoms with Crippen molar-refractivity contribution in [3.8, 4) is 5.75 Å². The molecule has 0 amide bonds. The number of phenols is 1. The summed E-state index contributed by atoms with van der Waals surface area (Å²) in [6, 6.07) is 6.37. The summed E-state index contributed by atoms with van der Waals surface area (Å²) < 4.78 is 5.80. The van der Waals surface area contributed by atoms with Crippen LogP contribution >= 0.6 is 13.5 Å². The van der Waals surface area contributed by atoms with Crippen LogP contribution in [-0.4, -0.2) is 101 Å². The average molecular weight is 298 g/mol. The molecule has 18 heavy (non-hydrogen) atoms. The first kappa shape index (κ1) is 20.7. The summed E-state index contributed by atoms with van der Waals surface area (Å²) in [5.74, 6) is -0.524. The molecular weight excluding hydrogens is 277 g/mol. The molecule has 0 spiro atoms. The Hall–Kier alpha value is 0.436. The third-order valence-corrected chi connectivity index (χ3v) is 2.12. The zero-order valence-corrected chi connectivity index (χ0v) is 11.4. The summed E-state index contributed by atoms with van der Waals surface area (Å²) in [4.78, 5) is 11.6. The van der Waals surface area contributed by atoms with E-state index in [1.54, 1.807) is 18.2 Å². The summed E-state index contributed by atoms with van der Waals surface area (Å²) in [5.41, 5.74) is 0.212. The standard InChI is InChI=1S/C12H17NO3.K.H2S.H/c1-13(2,3)8-9-16-12(15)10-6-4-5-7-11(10)14;;;/h4-7H,8-9H2,1-3H3;;1H2;/p+1. The Balaban J connectivity index is 0. The van der Waals surface area contributed by atoms with Crippen LogP contribution < -0.4 is 0 Å². The number of carbonyl (C=O) groups is 1. The fraction of sp³-hybridized carbons (Fsp3) is 0.417. The number of rotatable bonds is 4. The molecule has 4 nitrogen and oxygen atoms in total. The molecule has 0 fully saturated rings. The van der Waals surface area contributed by atoms with E-state index in [1.807, 2.05) is 21.1 Å². The molecule has 0 atom stereocenters. The van der Waals surface area contributed by atoms with Gasteiger partial charge < -0.3 is 14.3 Å². The molecule has 0 saturated carbocycles. The van der Waals surface area contributed by atoms with Gasteiger partial charge in [0.1, 0.15) is 24.5 Å². The van der Waals surface area contributed by atoms with E-state index in [0.717, 1.165) is 11.0 Å². The molecule has 0 aliphatic heterocycles. The first-order valence-electron chi connectivity index (χ1n) is 5.16. The van der Waals surface area contributed by atoms with E-state index in [4.69, 9.17) is 4.74 Å². The van der Waals surface area contributed by atoms with Gasteiger partial charge in [-0.3, -0.25) is 0 Å². The van der Waals surface area contributed by atoms with Crippen molar-refractivity contribution < 1.29 is 19.1 Å².